The molecular formula is C27H25ClF3N5O3S. The van der Waals surface area contributed by atoms with Gasteiger partial charge in [-0.05, 0) is 41.9 Å². The van der Waals surface area contributed by atoms with Gasteiger partial charge in [0.05, 0.1) is 28.1 Å². The second-order valence-corrected chi connectivity index (χ2v) is 11.0. The van der Waals surface area contributed by atoms with E-state index in [9.17, 15) is 22.8 Å². The molecule has 3 N–H and O–H groups in total. The lowest BCUT2D eigenvalue weighted by molar-refractivity contribution is -0.137. The standard InChI is InChI=1S/C27H25ClF3N5O3S/c1-26(2,3)25(38)33-13-14-8-9-17(28)19(21(14)39-4)24(37)35-18-10-11-32-20-22(18)40-36-23(20)34-16-7-5-6-15(12-16)27(29,30)31/h5-12H,13H2,1-4H3,(H,33,38)(H,34,36)(H,32,35,37). The molecule has 0 atom stereocenters. The average Bonchev–Trinajstić information content (AvgIpc) is 3.30. The largest absolute Gasteiger partial charge is 0.496 e. The van der Waals surface area contributed by atoms with Gasteiger partial charge in [0.2, 0.25) is 5.91 Å². The summed E-state index contributed by atoms with van der Waals surface area (Å²) >= 11 is 7.41. The SMILES string of the molecule is COc1c(CNC(=O)C(C)(C)C)ccc(Cl)c1C(=O)Nc1ccnc2c(Nc3cccc(C(F)(F)F)c3)nsc12. The number of amides is 2. The third kappa shape index (κ3) is 6.28. The fourth-order valence-corrected chi connectivity index (χ4v) is 4.75. The number of ether oxygens (including phenoxy) is 1. The lowest BCUT2D eigenvalue weighted by atomic mass is 9.95. The summed E-state index contributed by atoms with van der Waals surface area (Å²) in [5.41, 5.74) is 0.138. The van der Waals surface area contributed by atoms with Crippen LogP contribution in [0.25, 0.3) is 10.2 Å². The van der Waals surface area contributed by atoms with Crippen LogP contribution in [0.5, 0.6) is 5.75 Å². The van der Waals surface area contributed by atoms with Crippen molar-refractivity contribution in [2.45, 2.75) is 33.5 Å². The normalized spacial score (nSPS) is 11.8. The van der Waals surface area contributed by atoms with Crippen molar-refractivity contribution in [2.24, 2.45) is 5.41 Å². The highest BCUT2D eigenvalue weighted by atomic mass is 35.5. The zero-order valence-electron chi connectivity index (χ0n) is 21.9. The van der Waals surface area contributed by atoms with E-state index in [0.717, 1.165) is 23.7 Å². The van der Waals surface area contributed by atoms with Gasteiger partial charge in [0.25, 0.3) is 5.91 Å². The molecule has 0 aliphatic rings. The number of rotatable bonds is 7. The Morgan fingerprint density at radius 2 is 1.85 bits per heavy atom. The number of anilines is 3. The third-order valence-electron chi connectivity index (χ3n) is 5.80. The van der Waals surface area contributed by atoms with E-state index >= 15 is 0 Å². The number of carbonyl (C=O) groups excluding carboxylic acids is 2. The van der Waals surface area contributed by atoms with Crippen LogP contribution in [0, 0.1) is 5.41 Å². The minimum atomic E-state index is -4.49. The summed E-state index contributed by atoms with van der Waals surface area (Å²) in [5.74, 6) is -0.295. The van der Waals surface area contributed by atoms with E-state index in [1.807, 2.05) is 0 Å². The van der Waals surface area contributed by atoms with Crippen LogP contribution in [0.2, 0.25) is 5.02 Å². The Bertz CT molecular complexity index is 1580. The lowest BCUT2D eigenvalue weighted by Gasteiger charge is -2.19. The molecule has 2 aromatic carbocycles. The Balaban J connectivity index is 1.61. The Morgan fingerprint density at radius 1 is 1.10 bits per heavy atom. The zero-order chi connectivity index (χ0) is 29.2. The number of pyridine rings is 1. The number of nitrogens with one attached hydrogen (secondary N) is 3. The first-order valence-corrected chi connectivity index (χ1v) is 13.1. The van der Waals surface area contributed by atoms with Crippen LogP contribution in [-0.2, 0) is 17.5 Å². The molecule has 4 rings (SSSR count). The maximum atomic E-state index is 13.4. The molecule has 0 saturated carbocycles. The van der Waals surface area contributed by atoms with Crippen LogP contribution in [0.3, 0.4) is 0 Å². The number of benzene rings is 2. The van der Waals surface area contributed by atoms with E-state index in [0.29, 0.717) is 21.5 Å². The number of fused-ring (bicyclic) bond motifs is 1. The van der Waals surface area contributed by atoms with Gasteiger partial charge in [0, 0.05) is 29.4 Å². The highest BCUT2D eigenvalue weighted by Crippen LogP contribution is 2.36. The van der Waals surface area contributed by atoms with Crippen LogP contribution in [0.15, 0.2) is 48.7 Å². The highest BCUT2D eigenvalue weighted by molar-refractivity contribution is 7.14. The predicted molar refractivity (Wildman–Crippen MR) is 149 cm³/mol. The monoisotopic (exact) mass is 591 g/mol. The van der Waals surface area contributed by atoms with Gasteiger partial charge in [-0.1, -0.05) is 44.5 Å². The van der Waals surface area contributed by atoms with Gasteiger partial charge in [0.15, 0.2) is 5.82 Å². The molecule has 8 nitrogen and oxygen atoms in total. The van der Waals surface area contributed by atoms with Crippen LogP contribution in [0.1, 0.15) is 42.3 Å². The third-order valence-corrected chi connectivity index (χ3v) is 6.98. The molecule has 0 fully saturated rings. The van der Waals surface area contributed by atoms with Crippen molar-refractivity contribution >= 4 is 62.4 Å². The molecule has 0 unspecified atom stereocenters. The Labute approximate surface area is 237 Å². The molecule has 2 amide bonds. The van der Waals surface area contributed by atoms with Gasteiger partial charge < -0.3 is 20.7 Å². The van der Waals surface area contributed by atoms with Crippen molar-refractivity contribution in [1.82, 2.24) is 14.7 Å². The van der Waals surface area contributed by atoms with Crippen LogP contribution in [0.4, 0.5) is 30.4 Å². The number of carbonyl (C=O) groups is 2. The van der Waals surface area contributed by atoms with Crippen molar-refractivity contribution in [2.75, 3.05) is 17.7 Å². The molecule has 0 saturated heterocycles. The molecule has 4 aromatic rings. The maximum Gasteiger partial charge on any atom is 0.416 e. The van der Waals surface area contributed by atoms with Gasteiger partial charge >= 0.3 is 6.18 Å². The highest BCUT2D eigenvalue weighted by Gasteiger charge is 2.30. The first kappa shape index (κ1) is 29.1. The van der Waals surface area contributed by atoms with Gasteiger partial charge in [-0.15, -0.1) is 0 Å². The molecule has 2 aromatic heterocycles. The Morgan fingerprint density at radius 3 is 2.52 bits per heavy atom. The molecule has 2 heterocycles. The summed E-state index contributed by atoms with van der Waals surface area (Å²) in [6.45, 7) is 5.48. The van der Waals surface area contributed by atoms with E-state index in [1.54, 1.807) is 39.0 Å². The van der Waals surface area contributed by atoms with Gasteiger partial charge in [0.1, 0.15) is 16.8 Å². The number of aromatic nitrogens is 2. The number of methoxy groups -OCH3 is 1. The summed E-state index contributed by atoms with van der Waals surface area (Å²) in [6.07, 6.45) is -3.05. The number of nitrogens with zero attached hydrogens (tertiary/aromatic N) is 2. The fraction of sp³-hybridized carbons (Fsp3) is 0.259. The van der Waals surface area contributed by atoms with Crippen LogP contribution < -0.4 is 20.7 Å². The number of halogens is 4. The quantitative estimate of drug-likeness (QED) is 0.213. The van der Waals surface area contributed by atoms with Crippen LogP contribution in [-0.4, -0.2) is 28.3 Å². The number of hydrogen-bond donors (Lipinski definition) is 3. The van der Waals surface area contributed by atoms with Gasteiger partial charge in [-0.3, -0.25) is 14.6 Å². The van der Waals surface area contributed by atoms with E-state index < -0.39 is 23.1 Å². The lowest BCUT2D eigenvalue weighted by Crippen LogP contribution is -2.34. The first-order chi connectivity index (χ1) is 18.8. The summed E-state index contributed by atoms with van der Waals surface area (Å²) in [7, 11) is 1.40. The van der Waals surface area contributed by atoms with Crippen molar-refractivity contribution in [3.8, 4) is 5.75 Å². The molecule has 0 aliphatic carbocycles. The Kier molecular flexibility index (Phi) is 8.22. The molecule has 40 heavy (non-hydrogen) atoms. The van der Waals surface area contributed by atoms with Crippen LogP contribution >= 0.6 is 23.1 Å². The van der Waals surface area contributed by atoms with Gasteiger partial charge in [-0.2, -0.15) is 17.5 Å². The topological polar surface area (TPSA) is 105 Å². The fourth-order valence-electron chi connectivity index (χ4n) is 3.75. The summed E-state index contributed by atoms with van der Waals surface area (Å²) in [4.78, 5) is 30.1. The van der Waals surface area contributed by atoms with Crippen molar-refractivity contribution in [3.05, 3.63) is 70.4 Å². The Hall–Kier alpha value is -3.90. The van der Waals surface area contributed by atoms with Gasteiger partial charge in [-0.25, -0.2) is 0 Å². The minimum absolute atomic E-state index is 0.0727. The maximum absolute atomic E-state index is 13.4. The molecular weight excluding hydrogens is 567 g/mol. The van der Waals surface area contributed by atoms with Crippen molar-refractivity contribution < 1.29 is 27.5 Å². The smallest absolute Gasteiger partial charge is 0.416 e. The molecule has 0 radical (unpaired) electrons. The molecule has 0 bridgehead atoms. The summed E-state index contributed by atoms with van der Waals surface area (Å²) in [6, 6.07) is 9.51. The second-order valence-electron chi connectivity index (χ2n) is 9.77. The van der Waals surface area contributed by atoms with E-state index in [2.05, 4.69) is 25.3 Å². The van der Waals surface area contributed by atoms with Crippen molar-refractivity contribution in [1.29, 1.82) is 0 Å². The molecule has 210 valence electrons. The summed E-state index contributed by atoms with van der Waals surface area (Å²) in [5, 5.41) is 8.64. The molecule has 13 heteroatoms. The number of alkyl halides is 3. The zero-order valence-corrected chi connectivity index (χ0v) is 23.4. The first-order valence-electron chi connectivity index (χ1n) is 11.9. The number of hydrogen-bond acceptors (Lipinski definition) is 7. The van der Waals surface area contributed by atoms with E-state index in [1.165, 1.54) is 25.4 Å². The van der Waals surface area contributed by atoms with Crippen molar-refractivity contribution in [3.63, 3.8) is 0 Å². The van der Waals surface area contributed by atoms with E-state index in [4.69, 9.17) is 16.3 Å². The predicted octanol–water partition coefficient (Wildman–Crippen LogP) is 7.03. The van der Waals surface area contributed by atoms with E-state index in [-0.39, 0.29) is 40.3 Å². The second kappa shape index (κ2) is 11.3. The summed E-state index contributed by atoms with van der Waals surface area (Å²) < 4.78 is 49.7. The minimum Gasteiger partial charge on any atom is -0.496 e. The molecule has 0 aliphatic heterocycles. The molecule has 0 spiro atoms. The average molecular weight is 592 g/mol.